The van der Waals surface area contributed by atoms with Crippen LogP contribution in [0, 0.1) is 23.4 Å². The fraction of sp³-hybridized carbons (Fsp3) is 0.433. The topological polar surface area (TPSA) is 73.8 Å². The van der Waals surface area contributed by atoms with Gasteiger partial charge in [0.05, 0.1) is 24.1 Å². The number of anilines is 4. The van der Waals surface area contributed by atoms with Gasteiger partial charge in [-0.3, -0.25) is 4.79 Å². The second-order valence-electron chi connectivity index (χ2n) is 11.1. The van der Waals surface area contributed by atoms with Gasteiger partial charge >= 0.3 is 0 Å². The van der Waals surface area contributed by atoms with Crippen LogP contribution in [0.4, 0.5) is 36.2 Å². The van der Waals surface area contributed by atoms with Gasteiger partial charge in [0.1, 0.15) is 18.1 Å². The molecule has 2 aromatic carbocycles. The van der Waals surface area contributed by atoms with Crippen molar-refractivity contribution in [3.63, 3.8) is 0 Å². The minimum Gasteiger partial charge on any atom is -0.486 e. The largest absolute Gasteiger partial charge is 0.486 e. The molecule has 216 valence electrons. The minimum atomic E-state index is -0.758. The number of amides is 1. The zero-order valence-corrected chi connectivity index (χ0v) is 23.2. The SMILES string of the molecule is CN(C)C1CCN(c2ccc(Nc3ncc(F)c(-c4cc(F)c5c(c4)N(C(=O)C4CCC4)CCO5)n3)cc2F)CC1. The van der Waals surface area contributed by atoms with Gasteiger partial charge in [0, 0.05) is 36.3 Å². The molecule has 0 unspecified atom stereocenters. The molecule has 0 radical (unpaired) electrons. The number of hydrogen-bond donors (Lipinski definition) is 1. The van der Waals surface area contributed by atoms with Crippen LogP contribution in [-0.2, 0) is 4.79 Å². The number of nitrogens with zero attached hydrogens (tertiary/aromatic N) is 5. The zero-order chi connectivity index (χ0) is 28.7. The van der Waals surface area contributed by atoms with E-state index in [0.29, 0.717) is 24.0 Å². The third-order valence-electron chi connectivity index (χ3n) is 8.35. The fourth-order valence-electron chi connectivity index (χ4n) is 5.75. The molecule has 0 bridgehead atoms. The number of piperidine rings is 1. The smallest absolute Gasteiger partial charge is 0.230 e. The van der Waals surface area contributed by atoms with Crippen LogP contribution >= 0.6 is 0 Å². The van der Waals surface area contributed by atoms with Crippen LogP contribution in [0.1, 0.15) is 32.1 Å². The van der Waals surface area contributed by atoms with Gasteiger partial charge in [0.15, 0.2) is 17.4 Å². The quantitative estimate of drug-likeness (QED) is 0.431. The van der Waals surface area contributed by atoms with Crippen LogP contribution in [-0.4, -0.2) is 67.2 Å². The second-order valence-corrected chi connectivity index (χ2v) is 11.1. The molecule has 2 fully saturated rings. The molecule has 1 N–H and O–H groups in total. The predicted octanol–water partition coefficient (Wildman–Crippen LogP) is 5.36. The Bertz CT molecular complexity index is 1460. The Morgan fingerprint density at radius 2 is 1.76 bits per heavy atom. The number of aromatic nitrogens is 2. The van der Waals surface area contributed by atoms with E-state index in [-0.39, 0.29) is 52.9 Å². The molecular formula is C30H33F3N6O2. The third-order valence-corrected chi connectivity index (χ3v) is 8.35. The van der Waals surface area contributed by atoms with E-state index < -0.39 is 11.6 Å². The summed E-state index contributed by atoms with van der Waals surface area (Å²) in [6, 6.07) is 7.95. The molecule has 3 aliphatic rings. The van der Waals surface area contributed by atoms with Gasteiger partial charge in [-0.1, -0.05) is 6.42 Å². The number of ether oxygens (including phenoxy) is 1. The Morgan fingerprint density at radius 3 is 2.44 bits per heavy atom. The van der Waals surface area contributed by atoms with Gasteiger partial charge in [-0.15, -0.1) is 0 Å². The molecule has 1 aliphatic carbocycles. The maximum absolute atomic E-state index is 15.1. The Balaban J connectivity index is 1.23. The standard InChI is InChI=1S/C30H33F3N6O2/c1-37(2)21-8-10-38(11-9-21)25-7-6-20(16-22(25)31)35-30-34-17-24(33)27(36-30)19-14-23(32)28-26(15-19)39(12-13-41-28)29(40)18-4-3-5-18/h6-7,14-18,21H,3-5,8-13H2,1-2H3,(H,34,35,36). The van der Waals surface area contributed by atoms with Gasteiger partial charge in [0.2, 0.25) is 11.9 Å². The Kier molecular flexibility index (Phi) is 7.46. The van der Waals surface area contributed by atoms with Gasteiger partial charge in [0.25, 0.3) is 0 Å². The number of halogens is 3. The molecule has 0 spiro atoms. The molecule has 3 aromatic rings. The summed E-state index contributed by atoms with van der Waals surface area (Å²) in [4.78, 5) is 27.1. The Hall–Kier alpha value is -3.86. The van der Waals surface area contributed by atoms with Crippen molar-refractivity contribution in [1.29, 1.82) is 0 Å². The average molecular weight is 567 g/mol. The van der Waals surface area contributed by atoms with Crippen molar-refractivity contribution in [2.45, 2.75) is 38.1 Å². The lowest BCUT2D eigenvalue weighted by Crippen LogP contribution is -2.43. The molecule has 1 aromatic heterocycles. The predicted molar refractivity (Wildman–Crippen MR) is 151 cm³/mol. The van der Waals surface area contributed by atoms with Crippen molar-refractivity contribution < 1.29 is 22.7 Å². The molecular weight excluding hydrogens is 533 g/mol. The first-order valence-electron chi connectivity index (χ1n) is 14.1. The molecule has 1 saturated carbocycles. The number of benzene rings is 2. The molecule has 0 atom stereocenters. The lowest BCUT2D eigenvalue weighted by atomic mass is 9.84. The van der Waals surface area contributed by atoms with Crippen LogP contribution in [0.15, 0.2) is 36.5 Å². The van der Waals surface area contributed by atoms with Crippen LogP contribution < -0.4 is 19.9 Å². The number of nitrogens with one attached hydrogen (secondary N) is 1. The number of fused-ring (bicyclic) bond motifs is 1. The molecule has 2 aliphatic heterocycles. The molecule has 41 heavy (non-hydrogen) atoms. The zero-order valence-electron chi connectivity index (χ0n) is 23.2. The normalized spacial score (nSPS) is 17.7. The molecule has 6 rings (SSSR count). The first kappa shape index (κ1) is 27.3. The first-order valence-corrected chi connectivity index (χ1v) is 14.1. The lowest BCUT2D eigenvalue weighted by Gasteiger charge is -2.36. The van der Waals surface area contributed by atoms with E-state index in [1.807, 2.05) is 4.90 Å². The van der Waals surface area contributed by atoms with E-state index in [0.717, 1.165) is 57.5 Å². The van der Waals surface area contributed by atoms with E-state index in [2.05, 4.69) is 34.3 Å². The third kappa shape index (κ3) is 5.42. The van der Waals surface area contributed by atoms with E-state index in [1.54, 1.807) is 12.1 Å². The van der Waals surface area contributed by atoms with Crippen molar-refractivity contribution >= 4 is 28.9 Å². The summed E-state index contributed by atoms with van der Waals surface area (Å²) in [5.74, 6) is -2.01. The summed E-state index contributed by atoms with van der Waals surface area (Å²) in [5.41, 5.74) is 1.19. The summed E-state index contributed by atoms with van der Waals surface area (Å²) in [6.07, 6.45) is 5.50. The van der Waals surface area contributed by atoms with Gasteiger partial charge in [-0.25, -0.2) is 23.1 Å². The number of hydrogen-bond acceptors (Lipinski definition) is 7. The Morgan fingerprint density at radius 1 is 0.976 bits per heavy atom. The van der Waals surface area contributed by atoms with E-state index in [9.17, 15) is 9.18 Å². The van der Waals surface area contributed by atoms with Crippen molar-refractivity contribution in [3.8, 4) is 17.0 Å². The van der Waals surface area contributed by atoms with Gasteiger partial charge in [-0.2, -0.15) is 0 Å². The molecule has 1 saturated heterocycles. The molecule has 3 heterocycles. The summed E-state index contributed by atoms with van der Waals surface area (Å²) in [5, 5.41) is 2.93. The Labute approximate surface area is 237 Å². The minimum absolute atomic E-state index is 0.0251. The monoisotopic (exact) mass is 566 g/mol. The molecule has 1 amide bonds. The molecule has 8 nitrogen and oxygen atoms in total. The van der Waals surface area contributed by atoms with Crippen LogP contribution in [0.2, 0.25) is 0 Å². The summed E-state index contributed by atoms with van der Waals surface area (Å²) in [7, 11) is 4.12. The number of rotatable bonds is 6. The van der Waals surface area contributed by atoms with E-state index in [1.165, 1.54) is 17.0 Å². The molecule has 11 heteroatoms. The maximum atomic E-state index is 15.1. The van der Waals surface area contributed by atoms with Crippen molar-refractivity contribution in [2.75, 3.05) is 55.5 Å². The highest BCUT2D eigenvalue weighted by Gasteiger charge is 2.34. The first-order chi connectivity index (χ1) is 19.8. The van der Waals surface area contributed by atoms with Crippen LogP contribution in [0.3, 0.4) is 0 Å². The van der Waals surface area contributed by atoms with E-state index >= 15 is 8.78 Å². The van der Waals surface area contributed by atoms with Crippen LogP contribution in [0.25, 0.3) is 11.3 Å². The maximum Gasteiger partial charge on any atom is 0.230 e. The number of carbonyl (C=O) groups excluding carboxylic acids is 1. The average Bonchev–Trinajstić information content (AvgIpc) is 2.93. The highest BCUT2D eigenvalue weighted by molar-refractivity contribution is 5.98. The second kappa shape index (κ2) is 11.2. The van der Waals surface area contributed by atoms with Gasteiger partial charge < -0.3 is 24.8 Å². The van der Waals surface area contributed by atoms with Gasteiger partial charge in [-0.05, 0) is 70.1 Å². The van der Waals surface area contributed by atoms with Crippen molar-refractivity contribution in [2.24, 2.45) is 5.92 Å². The highest BCUT2D eigenvalue weighted by atomic mass is 19.1. The summed E-state index contributed by atoms with van der Waals surface area (Å²) >= 11 is 0. The van der Waals surface area contributed by atoms with Crippen molar-refractivity contribution in [1.82, 2.24) is 14.9 Å². The summed E-state index contributed by atoms with van der Waals surface area (Å²) < 4.78 is 50.7. The van der Waals surface area contributed by atoms with Crippen molar-refractivity contribution in [3.05, 3.63) is 54.0 Å². The summed E-state index contributed by atoms with van der Waals surface area (Å²) in [6.45, 7) is 2.01. The highest BCUT2D eigenvalue weighted by Crippen LogP contribution is 2.41. The lowest BCUT2D eigenvalue weighted by molar-refractivity contribution is -0.125. The van der Waals surface area contributed by atoms with Crippen LogP contribution in [0.5, 0.6) is 5.75 Å². The van der Waals surface area contributed by atoms with E-state index in [4.69, 9.17) is 4.74 Å². The number of carbonyl (C=O) groups is 1. The fourth-order valence-corrected chi connectivity index (χ4v) is 5.75.